The fraction of sp³-hybridized carbons (Fsp3) is 1.00. The molecule has 0 aliphatic carbocycles. The minimum atomic E-state index is 0.602. The van der Waals surface area contributed by atoms with Crippen molar-refractivity contribution >= 4 is 0 Å². The second-order valence-electron chi connectivity index (χ2n) is 2.25. The van der Waals surface area contributed by atoms with Crippen LogP contribution in [0.5, 0.6) is 0 Å². The second-order valence-corrected chi connectivity index (χ2v) is 2.25. The molecular formula is C5H13N3. The number of nitrogens with two attached hydrogens (primary N) is 1. The molecule has 0 aromatic carbocycles. The molecule has 0 bridgehead atoms. The molecule has 3 nitrogen and oxygen atoms in total. The molecule has 2 unspecified atom stereocenters. The smallest absolute Gasteiger partial charge is 0.0429 e. The van der Waals surface area contributed by atoms with Crippen molar-refractivity contribution in [2.24, 2.45) is 5.73 Å². The Balaban J connectivity index is 1.89. The first-order valence-electron chi connectivity index (χ1n) is 2.95. The van der Waals surface area contributed by atoms with Crippen LogP contribution < -0.4 is 11.1 Å². The van der Waals surface area contributed by atoms with Crippen molar-refractivity contribution < 1.29 is 0 Å². The Morgan fingerprint density at radius 2 is 2.50 bits per heavy atom. The fourth-order valence-corrected chi connectivity index (χ4v) is 0.756. The van der Waals surface area contributed by atoms with Crippen LogP contribution in [0.2, 0.25) is 0 Å². The zero-order valence-corrected chi connectivity index (χ0v) is 5.22. The predicted molar refractivity (Wildman–Crippen MR) is 33.5 cm³/mol. The molecule has 0 aromatic heterocycles. The zero-order valence-electron chi connectivity index (χ0n) is 5.22. The van der Waals surface area contributed by atoms with Gasteiger partial charge in [0.2, 0.25) is 0 Å². The van der Waals surface area contributed by atoms with Gasteiger partial charge in [0.25, 0.3) is 0 Å². The predicted octanol–water partition coefficient (Wildman–Crippen LogP) is -1.19. The minimum absolute atomic E-state index is 0.602. The summed E-state index contributed by atoms with van der Waals surface area (Å²) < 4.78 is 0. The minimum Gasteiger partial charge on any atom is -0.318 e. The molecule has 1 aliphatic heterocycles. The van der Waals surface area contributed by atoms with Gasteiger partial charge >= 0.3 is 0 Å². The van der Waals surface area contributed by atoms with Crippen molar-refractivity contribution in [3.05, 3.63) is 0 Å². The van der Waals surface area contributed by atoms with Gasteiger partial charge in [-0.2, -0.15) is 0 Å². The largest absolute Gasteiger partial charge is 0.318 e. The van der Waals surface area contributed by atoms with Crippen molar-refractivity contribution in [1.29, 1.82) is 0 Å². The van der Waals surface area contributed by atoms with Gasteiger partial charge in [-0.1, -0.05) is 0 Å². The van der Waals surface area contributed by atoms with E-state index in [1.807, 2.05) is 0 Å². The summed E-state index contributed by atoms with van der Waals surface area (Å²) in [5, 5.41) is 3.08. The van der Waals surface area contributed by atoms with Gasteiger partial charge in [0.1, 0.15) is 0 Å². The molecule has 3 heteroatoms. The molecule has 1 rings (SSSR count). The first kappa shape index (κ1) is 6.01. The van der Waals surface area contributed by atoms with Crippen LogP contribution in [0.25, 0.3) is 0 Å². The van der Waals surface area contributed by atoms with Crippen LogP contribution in [0.1, 0.15) is 0 Å². The van der Waals surface area contributed by atoms with Crippen molar-refractivity contribution in [2.75, 3.05) is 26.8 Å². The quantitative estimate of drug-likeness (QED) is 0.359. The van der Waals surface area contributed by atoms with Crippen LogP contribution in [0.15, 0.2) is 0 Å². The SMILES string of the molecule is CN1CC1CNCN. The van der Waals surface area contributed by atoms with E-state index in [0.29, 0.717) is 6.67 Å². The molecule has 0 spiro atoms. The third-order valence-electron chi connectivity index (χ3n) is 1.51. The van der Waals surface area contributed by atoms with Gasteiger partial charge < -0.3 is 11.1 Å². The van der Waals surface area contributed by atoms with Gasteiger partial charge in [-0.15, -0.1) is 0 Å². The zero-order chi connectivity index (χ0) is 5.98. The molecule has 3 N–H and O–H groups in total. The van der Waals surface area contributed by atoms with Crippen molar-refractivity contribution in [1.82, 2.24) is 10.2 Å². The maximum atomic E-state index is 5.22. The number of nitrogens with zero attached hydrogens (tertiary/aromatic N) is 1. The summed E-state index contributed by atoms with van der Waals surface area (Å²) in [6.45, 7) is 2.88. The number of hydrogen-bond donors (Lipinski definition) is 2. The Labute approximate surface area is 49.8 Å². The molecule has 1 fully saturated rings. The van der Waals surface area contributed by atoms with Crippen LogP contribution in [-0.2, 0) is 0 Å². The third-order valence-corrected chi connectivity index (χ3v) is 1.51. The van der Waals surface area contributed by atoms with E-state index in [-0.39, 0.29) is 0 Å². The average Bonchev–Trinajstić information content (AvgIpc) is 2.42. The average molecular weight is 115 g/mol. The Kier molecular flexibility index (Phi) is 1.83. The molecule has 2 atom stereocenters. The van der Waals surface area contributed by atoms with Gasteiger partial charge in [-0.25, -0.2) is 0 Å². The lowest BCUT2D eigenvalue weighted by Gasteiger charge is -1.96. The highest BCUT2D eigenvalue weighted by Gasteiger charge is 2.28. The Morgan fingerprint density at radius 3 is 2.88 bits per heavy atom. The van der Waals surface area contributed by atoms with E-state index < -0.39 is 0 Å². The fourth-order valence-electron chi connectivity index (χ4n) is 0.756. The lowest BCUT2D eigenvalue weighted by molar-refractivity contribution is 0.572. The summed E-state index contributed by atoms with van der Waals surface area (Å²) in [4.78, 5) is 2.28. The number of nitrogens with one attached hydrogen (secondary N) is 1. The summed E-state index contributed by atoms with van der Waals surface area (Å²) in [5.41, 5.74) is 5.22. The number of rotatable bonds is 3. The highest BCUT2D eigenvalue weighted by atomic mass is 15.3. The topological polar surface area (TPSA) is 41.1 Å². The van der Waals surface area contributed by atoms with Gasteiger partial charge in [-0.05, 0) is 7.05 Å². The molecule has 0 amide bonds. The monoisotopic (exact) mass is 115 g/mol. The van der Waals surface area contributed by atoms with E-state index in [1.165, 1.54) is 6.54 Å². The van der Waals surface area contributed by atoms with Gasteiger partial charge in [-0.3, -0.25) is 4.90 Å². The highest BCUT2D eigenvalue weighted by molar-refractivity contribution is 4.87. The van der Waals surface area contributed by atoms with E-state index in [0.717, 1.165) is 12.6 Å². The standard InChI is InChI=1S/C5H13N3/c1-8-3-5(8)2-7-4-6/h5,7H,2-4,6H2,1H3. The van der Waals surface area contributed by atoms with E-state index in [4.69, 9.17) is 5.73 Å². The van der Waals surface area contributed by atoms with Crippen molar-refractivity contribution in [2.45, 2.75) is 6.04 Å². The summed E-state index contributed by atoms with van der Waals surface area (Å²) >= 11 is 0. The molecule has 8 heavy (non-hydrogen) atoms. The Bertz CT molecular complexity index is 74.1. The summed E-state index contributed by atoms with van der Waals surface area (Å²) in [7, 11) is 2.11. The lowest BCUT2D eigenvalue weighted by Crippen LogP contribution is -2.27. The van der Waals surface area contributed by atoms with Crippen LogP contribution in [-0.4, -0.2) is 37.7 Å². The Hall–Kier alpha value is -0.120. The van der Waals surface area contributed by atoms with Gasteiger partial charge in [0, 0.05) is 25.8 Å². The van der Waals surface area contributed by atoms with Crippen molar-refractivity contribution in [3.8, 4) is 0 Å². The van der Waals surface area contributed by atoms with Crippen LogP contribution in [0.3, 0.4) is 0 Å². The van der Waals surface area contributed by atoms with Crippen molar-refractivity contribution in [3.63, 3.8) is 0 Å². The number of hydrogen-bond acceptors (Lipinski definition) is 3. The second kappa shape index (κ2) is 2.44. The highest BCUT2D eigenvalue weighted by Crippen LogP contribution is 2.10. The number of likely N-dealkylation sites (N-methyl/N-ethyl adjacent to an activating group) is 1. The van der Waals surface area contributed by atoms with Crippen LogP contribution in [0, 0.1) is 0 Å². The van der Waals surface area contributed by atoms with Crippen LogP contribution >= 0.6 is 0 Å². The van der Waals surface area contributed by atoms with Gasteiger partial charge in [0.05, 0.1) is 0 Å². The molecular weight excluding hydrogens is 102 g/mol. The van der Waals surface area contributed by atoms with E-state index >= 15 is 0 Å². The first-order chi connectivity index (χ1) is 3.84. The lowest BCUT2D eigenvalue weighted by atomic mass is 10.5. The molecule has 48 valence electrons. The molecule has 0 aromatic rings. The maximum Gasteiger partial charge on any atom is 0.0429 e. The summed E-state index contributed by atoms with van der Waals surface area (Å²) in [6.07, 6.45) is 0. The summed E-state index contributed by atoms with van der Waals surface area (Å²) in [6, 6.07) is 0.763. The first-order valence-corrected chi connectivity index (χ1v) is 2.95. The molecule has 1 heterocycles. The van der Waals surface area contributed by atoms with E-state index in [1.54, 1.807) is 0 Å². The van der Waals surface area contributed by atoms with E-state index in [2.05, 4.69) is 17.3 Å². The third kappa shape index (κ3) is 1.43. The molecule has 1 saturated heterocycles. The Morgan fingerprint density at radius 1 is 1.88 bits per heavy atom. The normalized spacial score (nSPS) is 35.2. The maximum absolute atomic E-state index is 5.22. The molecule has 1 aliphatic rings. The van der Waals surface area contributed by atoms with Crippen LogP contribution in [0.4, 0.5) is 0 Å². The van der Waals surface area contributed by atoms with E-state index in [9.17, 15) is 0 Å². The van der Waals surface area contributed by atoms with Gasteiger partial charge in [0.15, 0.2) is 0 Å². The molecule has 0 radical (unpaired) electrons. The summed E-state index contributed by atoms with van der Waals surface area (Å²) in [5.74, 6) is 0. The molecule has 0 saturated carbocycles.